The average molecular weight is 436 g/mol. The van der Waals surface area contributed by atoms with Crippen LogP contribution in [-0.4, -0.2) is 32.3 Å². The number of carbonyl (C=O) groups excluding carboxylic acids is 2. The molecule has 3 rings (SSSR count). The third kappa shape index (κ3) is 6.05. The van der Waals surface area contributed by atoms with Gasteiger partial charge in [0.15, 0.2) is 11.0 Å². The molecule has 1 heterocycles. The van der Waals surface area contributed by atoms with Crippen molar-refractivity contribution in [2.75, 3.05) is 11.1 Å². The molecule has 0 unspecified atom stereocenters. The second-order valence-electron chi connectivity index (χ2n) is 7.00. The van der Waals surface area contributed by atoms with E-state index < -0.39 is 0 Å². The van der Waals surface area contributed by atoms with Crippen LogP contribution in [0.2, 0.25) is 0 Å². The van der Waals surface area contributed by atoms with Crippen LogP contribution in [0.25, 0.3) is 0 Å². The van der Waals surface area contributed by atoms with Gasteiger partial charge in [-0.25, -0.2) is 0 Å². The Morgan fingerprint density at radius 2 is 1.84 bits per heavy atom. The molecule has 3 aromatic rings. The Balaban J connectivity index is 1.61. The van der Waals surface area contributed by atoms with Crippen LogP contribution in [0.5, 0.6) is 0 Å². The van der Waals surface area contributed by atoms with E-state index in [-0.39, 0.29) is 24.1 Å². The lowest BCUT2D eigenvalue weighted by Crippen LogP contribution is -2.24. The molecule has 2 N–H and O–H groups in total. The van der Waals surface area contributed by atoms with Gasteiger partial charge in [0.25, 0.3) is 5.91 Å². The van der Waals surface area contributed by atoms with Crippen molar-refractivity contribution in [3.63, 3.8) is 0 Å². The molecular weight excluding hydrogens is 410 g/mol. The van der Waals surface area contributed by atoms with Gasteiger partial charge >= 0.3 is 0 Å². The fourth-order valence-corrected chi connectivity index (χ4v) is 3.63. The average Bonchev–Trinajstić information content (AvgIpc) is 3.14. The Labute approximate surface area is 186 Å². The van der Waals surface area contributed by atoms with Crippen LogP contribution in [0, 0.1) is 13.8 Å². The zero-order chi connectivity index (χ0) is 22.2. The first kappa shape index (κ1) is 22.3. The van der Waals surface area contributed by atoms with E-state index in [9.17, 15) is 9.59 Å². The summed E-state index contributed by atoms with van der Waals surface area (Å²) in [5, 5.41) is 14.7. The number of hydrogen-bond acceptors (Lipinski definition) is 5. The van der Waals surface area contributed by atoms with Crippen LogP contribution < -0.4 is 10.6 Å². The molecule has 0 aliphatic rings. The van der Waals surface area contributed by atoms with Gasteiger partial charge in [-0.2, -0.15) is 0 Å². The van der Waals surface area contributed by atoms with Crippen molar-refractivity contribution in [1.29, 1.82) is 0 Å². The Bertz CT molecular complexity index is 1080. The van der Waals surface area contributed by atoms with Crippen molar-refractivity contribution in [2.24, 2.45) is 0 Å². The number of aryl methyl sites for hydroxylation is 2. The van der Waals surface area contributed by atoms with Crippen LogP contribution in [0.4, 0.5) is 5.69 Å². The van der Waals surface area contributed by atoms with Crippen LogP contribution in [0.1, 0.15) is 27.3 Å². The summed E-state index contributed by atoms with van der Waals surface area (Å²) in [4.78, 5) is 24.7. The van der Waals surface area contributed by atoms with Gasteiger partial charge in [0.05, 0.1) is 12.3 Å². The first-order valence-electron chi connectivity index (χ1n) is 9.84. The molecule has 160 valence electrons. The fourth-order valence-electron chi connectivity index (χ4n) is 2.86. The maximum absolute atomic E-state index is 12.4. The maximum atomic E-state index is 12.4. The van der Waals surface area contributed by atoms with Gasteiger partial charge in [-0.15, -0.1) is 16.8 Å². The number of carbonyl (C=O) groups is 2. The monoisotopic (exact) mass is 435 g/mol. The van der Waals surface area contributed by atoms with Gasteiger partial charge in [-0.1, -0.05) is 53.7 Å². The highest BCUT2D eigenvalue weighted by Gasteiger charge is 2.15. The Morgan fingerprint density at radius 3 is 2.55 bits per heavy atom. The summed E-state index contributed by atoms with van der Waals surface area (Å²) in [7, 11) is 0. The number of benzene rings is 2. The van der Waals surface area contributed by atoms with E-state index in [1.165, 1.54) is 11.8 Å². The van der Waals surface area contributed by atoms with Crippen molar-refractivity contribution in [2.45, 2.75) is 32.1 Å². The summed E-state index contributed by atoms with van der Waals surface area (Å²) in [5.41, 5.74) is 3.47. The van der Waals surface area contributed by atoms with E-state index in [1.807, 2.05) is 54.8 Å². The summed E-state index contributed by atoms with van der Waals surface area (Å²) < 4.78 is 1.84. The number of aromatic nitrogens is 3. The molecule has 0 fully saturated rings. The molecule has 0 aliphatic carbocycles. The number of nitrogens with zero attached hydrogens (tertiary/aromatic N) is 3. The summed E-state index contributed by atoms with van der Waals surface area (Å²) in [6.45, 7) is 8.40. The van der Waals surface area contributed by atoms with E-state index in [0.29, 0.717) is 23.1 Å². The van der Waals surface area contributed by atoms with Crippen molar-refractivity contribution in [1.82, 2.24) is 20.1 Å². The highest BCUT2D eigenvalue weighted by molar-refractivity contribution is 7.99. The van der Waals surface area contributed by atoms with Crippen molar-refractivity contribution < 1.29 is 9.59 Å². The molecule has 2 amide bonds. The van der Waals surface area contributed by atoms with E-state index in [4.69, 9.17) is 0 Å². The summed E-state index contributed by atoms with van der Waals surface area (Å²) in [6, 6.07) is 15.0. The summed E-state index contributed by atoms with van der Waals surface area (Å²) in [5.74, 6) is 0.489. The summed E-state index contributed by atoms with van der Waals surface area (Å²) in [6.07, 6.45) is 1.73. The molecule has 0 radical (unpaired) electrons. The Hall–Kier alpha value is -3.39. The second kappa shape index (κ2) is 10.6. The number of anilines is 1. The third-order valence-electron chi connectivity index (χ3n) is 4.58. The molecule has 0 aliphatic heterocycles. The smallest absolute Gasteiger partial charge is 0.251 e. The quantitative estimate of drug-likeness (QED) is 0.395. The Morgan fingerprint density at radius 1 is 1.10 bits per heavy atom. The van der Waals surface area contributed by atoms with E-state index in [1.54, 1.807) is 18.2 Å². The van der Waals surface area contributed by atoms with Gasteiger partial charge in [0.2, 0.25) is 5.91 Å². The van der Waals surface area contributed by atoms with Gasteiger partial charge in [0.1, 0.15) is 0 Å². The molecule has 0 atom stereocenters. The van der Waals surface area contributed by atoms with Crippen LogP contribution in [-0.2, 0) is 17.9 Å². The first-order valence-corrected chi connectivity index (χ1v) is 10.8. The molecule has 8 heteroatoms. The number of nitrogens with one attached hydrogen (secondary N) is 2. The van der Waals surface area contributed by atoms with Crippen molar-refractivity contribution in [3.05, 3.63) is 83.7 Å². The largest absolute Gasteiger partial charge is 0.345 e. The first-order chi connectivity index (χ1) is 15.0. The number of thioether (sulfide) groups is 1. The lowest BCUT2D eigenvalue weighted by atomic mass is 10.1. The number of rotatable bonds is 9. The van der Waals surface area contributed by atoms with Gasteiger partial charge in [-0.3, -0.25) is 9.59 Å². The topological polar surface area (TPSA) is 88.9 Å². The molecule has 0 saturated heterocycles. The minimum absolute atomic E-state index is 0.123. The number of para-hydroxylation sites is 1. The number of allylic oxidation sites excluding steroid dienone is 1. The molecule has 2 aromatic carbocycles. The minimum atomic E-state index is -0.181. The number of hydrogen-bond donors (Lipinski definition) is 2. The predicted octanol–water partition coefficient (Wildman–Crippen LogP) is 3.74. The van der Waals surface area contributed by atoms with Gasteiger partial charge in [0, 0.05) is 17.8 Å². The number of amides is 2. The van der Waals surface area contributed by atoms with E-state index in [0.717, 1.165) is 16.8 Å². The van der Waals surface area contributed by atoms with Crippen LogP contribution in [0.3, 0.4) is 0 Å². The SMILES string of the molecule is C=CCn1c(CNC(=O)c2ccc(C)cc2)nnc1SCC(=O)Nc1ccccc1C. The highest BCUT2D eigenvalue weighted by Crippen LogP contribution is 2.19. The molecule has 0 spiro atoms. The lowest BCUT2D eigenvalue weighted by molar-refractivity contribution is -0.113. The molecule has 31 heavy (non-hydrogen) atoms. The molecule has 0 bridgehead atoms. The van der Waals surface area contributed by atoms with Crippen LogP contribution in [0.15, 0.2) is 66.3 Å². The molecular formula is C23H25N5O2S. The fraction of sp³-hybridized carbons (Fsp3) is 0.217. The molecule has 7 nitrogen and oxygen atoms in total. The van der Waals surface area contributed by atoms with Gasteiger partial charge in [-0.05, 0) is 37.6 Å². The van der Waals surface area contributed by atoms with Gasteiger partial charge < -0.3 is 15.2 Å². The second-order valence-corrected chi connectivity index (χ2v) is 7.94. The minimum Gasteiger partial charge on any atom is -0.345 e. The van der Waals surface area contributed by atoms with E-state index in [2.05, 4.69) is 27.4 Å². The van der Waals surface area contributed by atoms with Crippen molar-refractivity contribution >= 4 is 29.3 Å². The van der Waals surface area contributed by atoms with E-state index >= 15 is 0 Å². The normalized spacial score (nSPS) is 10.5. The molecule has 0 saturated carbocycles. The Kier molecular flexibility index (Phi) is 7.61. The predicted molar refractivity (Wildman–Crippen MR) is 123 cm³/mol. The third-order valence-corrected chi connectivity index (χ3v) is 5.54. The zero-order valence-electron chi connectivity index (χ0n) is 17.6. The van der Waals surface area contributed by atoms with Crippen molar-refractivity contribution in [3.8, 4) is 0 Å². The standard InChI is InChI=1S/C23H25N5O2S/c1-4-13-28-20(14-24-22(30)18-11-9-16(2)10-12-18)26-27-23(28)31-15-21(29)25-19-8-6-5-7-17(19)3/h4-12H,1,13-15H2,2-3H3,(H,24,30)(H,25,29). The summed E-state index contributed by atoms with van der Waals surface area (Å²) >= 11 is 1.29. The maximum Gasteiger partial charge on any atom is 0.251 e. The zero-order valence-corrected chi connectivity index (χ0v) is 18.4. The molecule has 1 aromatic heterocycles. The highest BCUT2D eigenvalue weighted by atomic mass is 32.2. The lowest BCUT2D eigenvalue weighted by Gasteiger charge is -2.10. The van der Waals surface area contributed by atoms with Crippen LogP contribution >= 0.6 is 11.8 Å².